The van der Waals surface area contributed by atoms with E-state index in [2.05, 4.69) is 19.1 Å². The third kappa shape index (κ3) is 3.29. The summed E-state index contributed by atoms with van der Waals surface area (Å²) in [4.78, 5) is 12.6. The van der Waals surface area contributed by atoms with Gasteiger partial charge in [-0.05, 0) is 44.1 Å². The molecule has 1 saturated carbocycles. The highest BCUT2D eigenvalue weighted by atomic mass is 16.3. The van der Waals surface area contributed by atoms with E-state index in [-0.39, 0.29) is 17.6 Å². The summed E-state index contributed by atoms with van der Waals surface area (Å²) in [5, 5.41) is 10.7. The molecule has 1 fully saturated rings. The number of carbonyl (C=O) groups is 1. The number of ketones is 1. The quantitative estimate of drug-likeness (QED) is 0.878. The Bertz CT molecular complexity index is 436. The van der Waals surface area contributed by atoms with Crippen LogP contribution in [0.2, 0.25) is 0 Å². The van der Waals surface area contributed by atoms with Gasteiger partial charge in [-0.1, -0.05) is 43.7 Å². The van der Waals surface area contributed by atoms with Crippen molar-refractivity contribution < 1.29 is 9.90 Å². The van der Waals surface area contributed by atoms with E-state index < -0.39 is 5.60 Å². The molecule has 20 heavy (non-hydrogen) atoms. The van der Waals surface area contributed by atoms with Crippen LogP contribution in [0.5, 0.6) is 0 Å². The molecule has 2 rings (SSSR count). The fourth-order valence-electron chi connectivity index (χ4n) is 3.57. The zero-order chi connectivity index (χ0) is 14.6. The lowest BCUT2D eigenvalue weighted by Gasteiger charge is -2.42. The van der Waals surface area contributed by atoms with Crippen LogP contribution in [0.4, 0.5) is 0 Å². The smallest absolute Gasteiger partial charge is 0.139 e. The summed E-state index contributed by atoms with van der Waals surface area (Å²) in [6.07, 6.45) is 5.27. The number of hydrogen-bond acceptors (Lipinski definition) is 2. The lowest BCUT2D eigenvalue weighted by Crippen LogP contribution is -2.46. The van der Waals surface area contributed by atoms with Crippen LogP contribution in [-0.4, -0.2) is 16.5 Å². The first-order valence-electron chi connectivity index (χ1n) is 7.86. The van der Waals surface area contributed by atoms with Gasteiger partial charge < -0.3 is 5.11 Å². The molecular weight excluding hydrogens is 248 g/mol. The normalized spacial score (nSPS) is 30.1. The van der Waals surface area contributed by atoms with Crippen LogP contribution in [0.1, 0.15) is 63.9 Å². The van der Waals surface area contributed by atoms with Gasteiger partial charge in [0.05, 0.1) is 11.5 Å². The van der Waals surface area contributed by atoms with E-state index in [9.17, 15) is 9.90 Å². The highest BCUT2D eigenvalue weighted by Crippen LogP contribution is 2.44. The van der Waals surface area contributed by atoms with Crippen LogP contribution in [0.3, 0.4) is 0 Å². The predicted octanol–water partition coefficient (Wildman–Crippen LogP) is 4.08. The number of aliphatic hydroxyl groups is 1. The zero-order valence-corrected chi connectivity index (χ0v) is 12.6. The molecule has 0 spiro atoms. The molecule has 0 radical (unpaired) electrons. The standard InChI is InChI=1S/C18H26O2/c1-3-4-12-16(19)17-15(11-8-13-18(17,2)20)14-9-6-5-7-10-14/h5-7,9-10,15,17,20H,3-4,8,11-13H2,1-2H3/t15-,17+,18+/m1/s1. The number of hydrogen-bond donors (Lipinski definition) is 1. The molecule has 3 atom stereocenters. The summed E-state index contributed by atoms with van der Waals surface area (Å²) in [5.41, 5.74) is 0.339. The second-order valence-electron chi connectivity index (χ2n) is 6.31. The largest absolute Gasteiger partial charge is 0.389 e. The van der Waals surface area contributed by atoms with Crippen molar-refractivity contribution in [3.05, 3.63) is 35.9 Å². The molecule has 0 unspecified atom stereocenters. The maximum Gasteiger partial charge on any atom is 0.139 e. The van der Waals surface area contributed by atoms with Gasteiger partial charge in [0.25, 0.3) is 0 Å². The Morgan fingerprint density at radius 3 is 2.70 bits per heavy atom. The SMILES string of the molecule is CCCCC(=O)[C@@H]1[C@@H](c2ccccc2)CCC[C@]1(C)O. The van der Waals surface area contributed by atoms with E-state index in [1.807, 2.05) is 25.1 Å². The number of benzene rings is 1. The molecular formula is C18H26O2. The Kier molecular flexibility index (Phi) is 4.98. The molecule has 0 heterocycles. The Morgan fingerprint density at radius 2 is 2.05 bits per heavy atom. The van der Waals surface area contributed by atoms with Gasteiger partial charge in [-0.3, -0.25) is 4.79 Å². The summed E-state index contributed by atoms with van der Waals surface area (Å²) in [6, 6.07) is 10.2. The van der Waals surface area contributed by atoms with Crippen molar-refractivity contribution in [2.45, 2.75) is 63.9 Å². The van der Waals surface area contributed by atoms with Gasteiger partial charge in [0.15, 0.2) is 0 Å². The number of rotatable bonds is 5. The van der Waals surface area contributed by atoms with Crippen molar-refractivity contribution in [1.82, 2.24) is 0 Å². The molecule has 1 aromatic rings. The molecule has 0 saturated heterocycles. The van der Waals surface area contributed by atoms with Gasteiger partial charge in [0.1, 0.15) is 5.78 Å². The summed E-state index contributed by atoms with van der Waals surface area (Å²) >= 11 is 0. The molecule has 0 aromatic heterocycles. The first-order chi connectivity index (χ1) is 9.56. The van der Waals surface area contributed by atoms with Crippen molar-refractivity contribution in [2.24, 2.45) is 5.92 Å². The lowest BCUT2D eigenvalue weighted by molar-refractivity contribution is -0.136. The highest BCUT2D eigenvalue weighted by molar-refractivity contribution is 5.83. The van der Waals surface area contributed by atoms with Gasteiger partial charge >= 0.3 is 0 Å². The van der Waals surface area contributed by atoms with Crippen molar-refractivity contribution in [3.63, 3.8) is 0 Å². The van der Waals surface area contributed by atoms with Gasteiger partial charge in [-0.2, -0.15) is 0 Å². The van der Waals surface area contributed by atoms with Crippen molar-refractivity contribution in [2.75, 3.05) is 0 Å². The van der Waals surface area contributed by atoms with E-state index in [4.69, 9.17) is 0 Å². The second kappa shape index (κ2) is 6.53. The zero-order valence-electron chi connectivity index (χ0n) is 12.6. The average molecular weight is 274 g/mol. The third-order valence-corrected chi connectivity index (χ3v) is 4.62. The van der Waals surface area contributed by atoms with Gasteiger partial charge in [0, 0.05) is 6.42 Å². The van der Waals surface area contributed by atoms with Crippen molar-refractivity contribution in [1.29, 1.82) is 0 Å². The molecule has 2 heteroatoms. The minimum absolute atomic E-state index is 0.171. The molecule has 0 bridgehead atoms. The Hall–Kier alpha value is -1.15. The maximum absolute atomic E-state index is 12.6. The molecule has 0 amide bonds. The van der Waals surface area contributed by atoms with Crippen LogP contribution >= 0.6 is 0 Å². The van der Waals surface area contributed by atoms with Crippen LogP contribution in [0, 0.1) is 5.92 Å². The van der Waals surface area contributed by atoms with Gasteiger partial charge in [-0.15, -0.1) is 0 Å². The Morgan fingerprint density at radius 1 is 1.35 bits per heavy atom. The van der Waals surface area contributed by atoms with E-state index in [0.29, 0.717) is 6.42 Å². The first kappa shape index (κ1) is 15.2. The Balaban J connectivity index is 2.26. The second-order valence-corrected chi connectivity index (χ2v) is 6.31. The predicted molar refractivity (Wildman–Crippen MR) is 81.7 cm³/mol. The van der Waals surface area contributed by atoms with Crippen LogP contribution in [0.25, 0.3) is 0 Å². The molecule has 2 nitrogen and oxygen atoms in total. The van der Waals surface area contributed by atoms with Crippen LogP contribution in [-0.2, 0) is 4.79 Å². The van der Waals surface area contributed by atoms with Gasteiger partial charge in [-0.25, -0.2) is 0 Å². The molecule has 1 aliphatic carbocycles. The minimum atomic E-state index is -0.858. The fourth-order valence-corrected chi connectivity index (χ4v) is 3.57. The molecule has 110 valence electrons. The van der Waals surface area contributed by atoms with E-state index in [0.717, 1.165) is 32.1 Å². The van der Waals surface area contributed by atoms with Crippen LogP contribution in [0.15, 0.2) is 30.3 Å². The first-order valence-corrected chi connectivity index (χ1v) is 7.86. The van der Waals surface area contributed by atoms with E-state index in [1.165, 1.54) is 5.56 Å². The minimum Gasteiger partial charge on any atom is -0.389 e. The average Bonchev–Trinajstić information content (AvgIpc) is 2.44. The molecule has 1 aliphatic rings. The highest BCUT2D eigenvalue weighted by Gasteiger charge is 2.45. The number of unbranched alkanes of at least 4 members (excludes halogenated alkanes) is 1. The van der Waals surface area contributed by atoms with Crippen molar-refractivity contribution >= 4 is 5.78 Å². The molecule has 1 aromatic carbocycles. The summed E-state index contributed by atoms with van der Waals surface area (Å²) in [6.45, 7) is 3.94. The number of Topliss-reactive ketones (excluding diaryl/α,β-unsaturated/α-hetero) is 1. The number of carbonyl (C=O) groups excluding carboxylic acids is 1. The lowest BCUT2D eigenvalue weighted by atomic mass is 9.65. The third-order valence-electron chi connectivity index (χ3n) is 4.62. The Labute approximate surface area is 122 Å². The maximum atomic E-state index is 12.6. The van der Waals surface area contributed by atoms with Crippen molar-refractivity contribution in [3.8, 4) is 0 Å². The summed E-state index contributed by atoms with van der Waals surface area (Å²) in [7, 11) is 0. The summed E-state index contributed by atoms with van der Waals surface area (Å²) < 4.78 is 0. The summed E-state index contributed by atoms with van der Waals surface area (Å²) in [5.74, 6) is 0.167. The van der Waals surface area contributed by atoms with E-state index >= 15 is 0 Å². The van der Waals surface area contributed by atoms with E-state index in [1.54, 1.807) is 0 Å². The molecule has 1 N–H and O–H groups in total. The van der Waals surface area contributed by atoms with Crippen LogP contribution < -0.4 is 0 Å². The molecule has 0 aliphatic heterocycles. The topological polar surface area (TPSA) is 37.3 Å². The fraction of sp³-hybridized carbons (Fsp3) is 0.611. The van der Waals surface area contributed by atoms with Gasteiger partial charge in [0.2, 0.25) is 0 Å². The monoisotopic (exact) mass is 274 g/mol.